The van der Waals surface area contributed by atoms with E-state index in [1.807, 2.05) is 18.7 Å². The van der Waals surface area contributed by atoms with Crippen molar-refractivity contribution in [2.24, 2.45) is 17.1 Å². The number of nitrogens with two attached hydrogens (primary N) is 1. The summed E-state index contributed by atoms with van der Waals surface area (Å²) in [7, 11) is 0. The zero-order valence-corrected chi connectivity index (χ0v) is 23.1. The van der Waals surface area contributed by atoms with Gasteiger partial charge in [0.1, 0.15) is 11.6 Å². The number of benzene rings is 1. The fourth-order valence-corrected chi connectivity index (χ4v) is 5.63. The normalized spacial score (nSPS) is 26.9. The fraction of sp³-hybridized carbons (Fsp3) is 0.714. The molecule has 2 N–H and O–H groups in total. The molecule has 2 heterocycles. The van der Waals surface area contributed by atoms with Crippen LogP contribution in [0, 0.1) is 23.0 Å². The van der Waals surface area contributed by atoms with E-state index in [1.165, 1.54) is 12.1 Å². The molecule has 2 amide bonds. The minimum Gasteiger partial charge on any atom is -0.336 e. The number of carbonyl (C=O) groups excluding carboxylic acids is 2. The second-order valence-electron chi connectivity index (χ2n) is 13.0. The summed E-state index contributed by atoms with van der Waals surface area (Å²) < 4.78 is 28.5. The highest BCUT2D eigenvalue weighted by molar-refractivity contribution is 5.84. The largest absolute Gasteiger partial charge is 0.336 e. The second-order valence-corrected chi connectivity index (χ2v) is 13.0. The van der Waals surface area contributed by atoms with Gasteiger partial charge < -0.3 is 15.5 Å². The number of halogens is 2. The van der Waals surface area contributed by atoms with Crippen LogP contribution in [-0.4, -0.2) is 76.4 Å². The molecule has 1 aromatic rings. The predicted octanol–water partition coefficient (Wildman–Crippen LogP) is 3.99. The summed E-state index contributed by atoms with van der Waals surface area (Å²) in [5.74, 6) is -2.19. The minimum absolute atomic E-state index is 0.0408. The maximum Gasteiger partial charge on any atom is 0.239 e. The van der Waals surface area contributed by atoms with Crippen molar-refractivity contribution >= 4 is 11.8 Å². The van der Waals surface area contributed by atoms with Gasteiger partial charge in [-0.1, -0.05) is 26.8 Å². The molecule has 3 rings (SSSR count). The zero-order valence-electron chi connectivity index (χ0n) is 23.1. The number of nitrogens with zero attached hydrogens (tertiary/aromatic N) is 3. The first kappa shape index (κ1) is 28.5. The Kier molecular flexibility index (Phi) is 8.21. The molecule has 0 aliphatic carbocycles. The Morgan fingerprint density at radius 3 is 2.11 bits per heavy atom. The van der Waals surface area contributed by atoms with Gasteiger partial charge in [0.15, 0.2) is 0 Å². The third-order valence-electron chi connectivity index (χ3n) is 7.65. The Bertz CT molecular complexity index is 971. The lowest BCUT2D eigenvalue weighted by atomic mass is 9.86. The maximum absolute atomic E-state index is 14.8. The van der Waals surface area contributed by atoms with Crippen LogP contribution in [0.1, 0.15) is 73.3 Å². The molecule has 8 heteroatoms. The average Bonchev–Trinajstić information content (AvgIpc) is 3.18. The molecular formula is C28H44F2N4O2. The van der Waals surface area contributed by atoms with Crippen LogP contribution >= 0.6 is 0 Å². The zero-order chi connectivity index (χ0) is 27.2. The van der Waals surface area contributed by atoms with Gasteiger partial charge in [-0.25, -0.2) is 8.78 Å². The number of carbonyl (C=O) groups is 2. The first-order chi connectivity index (χ1) is 16.5. The number of amides is 2. The lowest BCUT2D eigenvalue weighted by Crippen LogP contribution is -2.63. The highest BCUT2D eigenvalue weighted by Gasteiger charge is 2.46. The van der Waals surface area contributed by atoms with Gasteiger partial charge in [-0.15, -0.1) is 0 Å². The summed E-state index contributed by atoms with van der Waals surface area (Å²) in [6.07, 6.45) is 0.585. The Balaban J connectivity index is 1.81. The van der Waals surface area contributed by atoms with Crippen LogP contribution in [0.4, 0.5) is 8.78 Å². The molecule has 202 valence electrons. The highest BCUT2D eigenvalue weighted by atomic mass is 19.1. The third-order valence-corrected chi connectivity index (χ3v) is 7.65. The molecule has 2 aliphatic heterocycles. The summed E-state index contributed by atoms with van der Waals surface area (Å²) in [5.41, 5.74) is 6.38. The van der Waals surface area contributed by atoms with E-state index in [0.717, 1.165) is 6.07 Å². The first-order valence-corrected chi connectivity index (χ1v) is 13.1. The van der Waals surface area contributed by atoms with Gasteiger partial charge >= 0.3 is 0 Å². The lowest BCUT2D eigenvalue weighted by molar-refractivity contribution is -0.149. The van der Waals surface area contributed by atoms with E-state index in [4.69, 9.17) is 5.73 Å². The summed E-state index contributed by atoms with van der Waals surface area (Å²) >= 11 is 0. The molecule has 0 unspecified atom stereocenters. The topological polar surface area (TPSA) is 69.9 Å². The number of piperazine rings is 1. The minimum atomic E-state index is -0.627. The maximum atomic E-state index is 14.8. The van der Waals surface area contributed by atoms with Gasteiger partial charge in [0.25, 0.3) is 0 Å². The van der Waals surface area contributed by atoms with Crippen LogP contribution in [0.5, 0.6) is 0 Å². The average molecular weight is 507 g/mol. The molecule has 2 fully saturated rings. The van der Waals surface area contributed by atoms with E-state index in [1.54, 1.807) is 4.90 Å². The van der Waals surface area contributed by atoms with Gasteiger partial charge in [0.2, 0.25) is 11.8 Å². The smallest absolute Gasteiger partial charge is 0.239 e. The van der Waals surface area contributed by atoms with Gasteiger partial charge in [-0.05, 0) is 58.1 Å². The molecule has 2 saturated heterocycles. The van der Waals surface area contributed by atoms with E-state index < -0.39 is 23.6 Å². The Morgan fingerprint density at radius 2 is 1.56 bits per heavy atom. The highest BCUT2D eigenvalue weighted by Crippen LogP contribution is 2.39. The van der Waals surface area contributed by atoms with Crippen LogP contribution in [0.2, 0.25) is 0 Å². The van der Waals surface area contributed by atoms with Gasteiger partial charge in [-0.2, -0.15) is 0 Å². The standard InChI is InChI=1S/C28H44F2N4O2/c1-17-14-34(26(36)24(31)12-27(3,4)5)18(2)13-33(17)25(35)22-16-32(28(6,7)8)15-21(22)20-10-9-19(29)11-23(20)30/h9-11,17-18,21-22,24H,12-16,31H2,1-8H3/t17-,18+,21-,22+,24-/m0/s1. The van der Waals surface area contributed by atoms with Crippen molar-refractivity contribution in [3.8, 4) is 0 Å². The summed E-state index contributed by atoms with van der Waals surface area (Å²) in [6.45, 7) is 18.1. The van der Waals surface area contributed by atoms with E-state index in [9.17, 15) is 18.4 Å². The molecule has 0 aromatic heterocycles. The quantitative estimate of drug-likeness (QED) is 0.671. The van der Waals surface area contributed by atoms with Gasteiger partial charge in [0.05, 0.1) is 12.0 Å². The van der Waals surface area contributed by atoms with Gasteiger partial charge in [-0.3, -0.25) is 14.5 Å². The lowest BCUT2D eigenvalue weighted by Gasteiger charge is -2.46. The molecule has 6 nitrogen and oxygen atoms in total. The third kappa shape index (κ3) is 6.25. The van der Waals surface area contributed by atoms with E-state index >= 15 is 0 Å². The number of hydrogen-bond acceptors (Lipinski definition) is 4. The second kappa shape index (κ2) is 10.4. The monoisotopic (exact) mass is 506 g/mol. The van der Waals surface area contributed by atoms with E-state index in [-0.39, 0.29) is 40.8 Å². The SMILES string of the molecule is C[C@@H]1CN(C(=O)[C@@H]2CN(C(C)(C)C)C[C@H]2c2ccc(F)cc2F)[C@@H](C)CN1C(=O)[C@@H](N)CC(C)(C)C. The van der Waals surface area contributed by atoms with Crippen molar-refractivity contribution in [2.45, 2.75) is 91.4 Å². The van der Waals surface area contributed by atoms with Crippen molar-refractivity contribution < 1.29 is 18.4 Å². The molecule has 36 heavy (non-hydrogen) atoms. The predicted molar refractivity (Wildman–Crippen MR) is 138 cm³/mol. The Labute approximate surface area is 215 Å². The van der Waals surface area contributed by atoms with Crippen molar-refractivity contribution in [2.75, 3.05) is 26.2 Å². The summed E-state index contributed by atoms with van der Waals surface area (Å²) in [6, 6.07) is 2.68. The van der Waals surface area contributed by atoms with Crippen LogP contribution in [0.25, 0.3) is 0 Å². The Morgan fingerprint density at radius 1 is 0.972 bits per heavy atom. The number of hydrogen-bond donors (Lipinski definition) is 1. The van der Waals surface area contributed by atoms with Crippen LogP contribution in [0.15, 0.2) is 18.2 Å². The molecule has 2 aliphatic rings. The van der Waals surface area contributed by atoms with E-state index in [2.05, 4.69) is 46.4 Å². The van der Waals surface area contributed by atoms with Crippen molar-refractivity contribution in [3.63, 3.8) is 0 Å². The van der Waals surface area contributed by atoms with Crippen LogP contribution < -0.4 is 5.73 Å². The molecule has 0 bridgehead atoms. The fourth-order valence-electron chi connectivity index (χ4n) is 5.63. The molecule has 5 atom stereocenters. The number of likely N-dealkylation sites (tertiary alicyclic amines) is 1. The van der Waals surface area contributed by atoms with Gasteiger partial charge in [0, 0.05) is 55.8 Å². The van der Waals surface area contributed by atoms with Crippen molar-refractivity contribution in [1.82, 2.24) is 14.7 Å². The summed E-state index contributed by atoms with van der Waals surface area (Å²) in [5, 5.41) is 0. The molecule has 0 radical (unpaired) electrons. The molecule has 0 spiro atoms. The molecular weight excluding hydrogens is 462 g/mol. The van der Waals surface area contributed by atoms with Crippen molar-refractivity contribution in [1.29, 1.82) is 0 Å². The van der Waals surface area contributed by atoms with Crippen LogP contribution in [-0.2, 0) is 9.59 Å². The summed E-state index contributed by atoms with van der Waals surface area (Å²) in [4.78, 5) is 32.9. The Hall–Kier alpha value is -2.06. The first-order valence-electron chi connectivity index (χ1n) is 13.1. The van der Waals surface area contributed by atoms with E-state index in [0.29, 0.717) is 38.2 Å². The molecule has 0 saturated carbocycles. The number of rotatable bonds is 4. The molecule has 1 aromatic carbocycles. The van der Waals surface area contributed by atoms with Crippen molar-refractivity contribution in [3.05, 3.63) is 35.4 Å². The van der Waals surface area contributed by atoms with Crippen LogP contribution in [0.3, 0.4) is 0 Å².